The summed E-state index contributed by atoms with van der Waals surface area (Å²) in [6.45, 7) is 8.03. The van der Waals surface area contributed by atoms with Gasteiger partial charge in [-0.15, -0.1) is 6.58 Å². The van der Waals surface area contributed by atoms with E-state index in [0.717, 1.165) is 21.2 Å². The largest absolute Gasteiger partial charge is 0.493 e. The number of allylic oxidation sites excluding steroid dienone is 1. The molecule has 0 spiro atoms. The van der Waals surface area contributed by atoms with Crippen LogP contribution in [0.1, 0.15) is 47.8 Å². The van der Waals surface area contributed by atoms with Crippen molar-refractivity contribution in [2.24, 2.45) is 5.10 Å². The van der Waals surface area contributed by atoms with E-state index in [9.17, 15) is 10.1 Å². The van der Waals surface area contributed by atoms with Gasteiger partial charge in [0.2, 0.25) is 0 Å². The Balaban J connectivity index is 1.75. The second kappa shape index (κ2) is 11.9. The molecule has 0 bridgehead atoms. The average Bonchev–Trinajstić information content (AvgIpc) is 2.92. The van der Waals surface area contributed by atoms with Crippen LogP contribution in [0, 0.1) is 11.3 Å². The van der Waals surface area contributed by atoms with Gasteiger partial charge in [0, 0.05) is 21.5 Å². The van der Waals surface area contributed by atoms with Crippen molar-refractivity contribution in [1.29, 1.82) is 5.26 Å². The fraction of sp³-hybridized carbons (Fsp3) is 0.200. The number of nitriles is 1. The van der Waals surface area contributed by atoms with Crippen LogP contribution in [0.3, 0.4) is 0 Å². The summed E-state index contributed by atoms with van der Waals surface area (Å²) in [7, 11) is 1.57. The number of fused-ring (bicyclic) bond motifs is 1. The van der Waals surface area contributed by atoms with Crippen LogP contribution >= 0.6 is 15.9 Å². The van der Waals surface area contributed by atoms with Crippen molar-refractivity contribution in [3.63, 3.8) is 0 Å². The van der Waals surface area contributed by atoms with Gasteiger partial charge in [0.1, 0.15) is 12.4 Å². The molecule has 0 atom stereocenters. The summed E-state index contributed by atoms with van der Waals surface area (Å²) in [6.07, 6.45) is 3.91. The van der Waals surface area contributed by atoms with Gasteiger partial charge in [-0.2, -0.15) is 15.0 Å². The Morgan fingerprint density at radius 1 is 1.18 bits per heavy atom. The van der Waals surface area contributed by atoms with E-state index in [1.165, 1.54) is 4.68 Å². The van der Waals surface area contributed by atoms with Gasteiger partial charge in [0.05, 0.1) is 35.9 Å². The van der Waals surface area contributed by atoms with E-state index >= 15 is 0 Å². The Morgan fingerprint density at radius 2 is 1.97 bits per heavy atom. The lowest BCUT2D eigenvalue weighted by atomic mass is 10.1. The molecule has 0 unspecified atom stereocenters. The smallest absolute Gasteiger partial charge is 0.282 e. The van der Waals surface area contributed by atoms with Gasteiger partial charge in [-0.3, -0.25) is 4.79 Å². The SMILES string of the molecule is C=CCc1cc(C=Nn2c(C(C)C)nc3ccc(Br)cc3c2=O)cc(OC)c1OCc1ccccc1C#N. The number of hydrogen-bond acceptors (Lipinski definition) is 6. The first-order valence-electron chi connectivity index (χ1n) is 12.1. The summed E-state index contributed by atoms with van der Waals surface area (Å²) in [6, 6.07) is 18.7. The highest BCUT2D eigenvalue weighted by Gasteiger charge is 2.16. The third-order valence-electron chi connectivity index (χ3n) is 5.92. The van der Waals surface area contributed by atoms with Crippen LogP contribution in [-0.4, -0.2) is 23.0 Å². The van der Waals surface area contributed by atoms with Crippen LogP contribution < -0.4 is 15.0 Å². The van der Waals surface area contributed by atoms with Crippen LogP contribution in [0.2, 0.25) is 0 Å². The monoisotopic (exact) mass is 570 g/mol. The first-order valence-corrected chi connectivity index (χ1v) is 12.8. The molecule has 192 valence electrons. The molecule has 0 N–H and O–H groups in total. The van der Waals surface area contributed by atoms with Gasteiger partial charge in [-0.05, 0) is 48.4 Å². The predicted molar refractivity (Wildman–Crippen MR) is 153 cm³/mol. The van der Waals surface area contributed by atoms with E-state index in [1.807, 2.05) is 50.2 Å². The van der Waals surface area contributed by atoms with E-state index in [1.54, 1.807) is 37.6 Å². The van der Waals surface area contributed by atoms with Gasteiger partial charge in [-0.25, -0.2) is 4.98 Å². The van der Waals surface area contributed by atoms with Crippen molar-refractivity contribution in [2.45, 2.75) is 32.8 Å². The molecule has 0 amide bonds. The Kier molecular flexibility index (Phi) is 8.39. The first kappa shape index (κ1) is 26.8. The van der Waals surface area contributed by atoms with Crippen molar-refractivity contribution in [2.75, 3.05) is 7.11 Å². The van der Waals surface area contributed by atoms with Crippen LogP contribution in [0.15, 0.2) is 81.6 Å². The maximum Gasteiger partial charge on any atom is 0.282 e. The van der Waals surface area contributed by atoms with Gasteiger partial charge in [-0.1, -0.05) is 54.1 Å². The number of hydrogen-bond donors (Lipinski definition) is 0. The molecule has 0 saturated carbocycles. The van der Waals surface area contributed by atoms with E-state index < -0.39 is 0 Å². The van der Waals surface area contributed by atoms with Crippen LogP contribution in [0.5, 0.6) is 11.5 Å². The minimum absolute atomic E-state index is 0.0224. The zero-order valence-corrected chi connectivity index (χ0v) is 23.0. The van der Waals surface area contributed by atoms with E-state index in [-0.39, 0.29) is 18.1 Å². The molecule has 38 heavy (non-hydrogen) atoms. The fourth-order valence-electron chi connectivity index (χ4n) is 4.06. The van der Waals surface area contributed by atoms with Crippen molar-refractivity contribution < 1.29 is 9.47 Å². The standard InChI is InChI=1S/C30H27BrN4O3/c1-5-8-21-13-20(14-27(37-4)28(21)38-18-23-10-7-6-9-22(23)16-32)17-33-35-29(19(2)3)34-26-12-11-24(31)15-25(26)30(35)36/h5-7,9-15,17,19H,1,8,18H2,2-4H3. The van der Waals surface area contributed by atoms with Gasteiger partial charge in [0.25, 0.3) is 5.56 Å². The second-order valence-corrected chi connectivity index (χ2v) is 9.83. The molecule has 0 radical (unpaired) electrons. The Bertz CT molecular complexity index is 1630. The molecule has 0 aliphatic heterocycles. The Morgan fingerprint density at radius 3 is 2.68 bits per heavy atom. The van der Waals surface area contributed by atoms with Crippen molar-refractivity contribution in [3.05, 3.63) is 110 Å². The third kappa shape index (κ3) is 5.68. The van der Waals surface area contributed by atoms with Crippen LogP contribution in [0.25, 0.3) is 10.9 Å². The minimum atomic E-state index is -0.245. The van der Waals surface area contributed by atoms with Gasteiger partial charge in [0.15, 0.2) is 11.5 Å². The number of methoxy groups -OCH3 is 1. The Labute approximate surface area is 229 Å². The lowest BCUT2D eigenvalue weighted by Gasteiger charge is -2.16. The van der Waals surface area contributed by atoms with E-state index in [4.69, 9.17) is 14.5 Å². The highest BCUT2D eigenvalue weighted by molar-refractivity contribution is 9.10. The summed E-state index contributed by atoms with van der Waals surface area (Å²) >= 11 is 3.43. The molecule has 7 nitrogen and oxygen atoms in total. The quantitative estimate of drug-likeness (QED) is 0.173. The van der Waals surface area contributed by atoms with E-state index in [2.05, 4.69) is 33.7 Å². The number of aromatic nitrogens is 2. The number of nitrogens with zero attached hydrogens (tertiary/aromatic N) is 4. The Hall–Kier alpha value is -4.22. The van der Waals surface area contributed by atoms with Crippen LogP contribution in [-0.2, 0) is 13.0 Å². The van der Waals surface area contributed by atoms with Crippen LogP contribution in [0.4, 0.5) is 0 Å². The molecular weight excluding hydrogens is 544 g/mol. The molecule has 4 aromatic rings. The number of rotatable bonds is 9. The number of benzene rings is 3. The lowest BCUT2D eigenvalue weighted by Crippen LogP contribution is -2.23. The normalized spacial score (nSPS) is 11.2. The van der Waals surface area contributed by atoms with Crippen molar-refractivity contribution in [1.82, 2.24) is 9.66 Å². The molecular formula is C30H27BrN4O3. The first-order chi connectivity index (χ1) is 18.4. The molecule has 0 fully saturated rings. The molecule has 8 heteroatoms. The molecule has 1 aromatic heterocycles. The zero-order chi connectivity index (χ0) is 27.2. The van der Waals surface area contributed by atoms with Crippen molar-refractivity contribution in [3.8, 4) is 17.6 Å². The fourth-order valence-corrected chi connectivity index (χ4v) is 4.42. The number of ether oxygens (including phenoxy) is 2. The molecule has 0 aliphatic rings. The predicted octanol–water partition coefficient (Wildman–Crippen LogP) is 6.35. The van der Waals surface area contributed by atoms with Gasteiger partial charge >= 0.3 is 0 Å². The number of halogens is 1. The zero-order valence-electron chi connectivity index (χ0n) is 21.4. The molecule has 1 heterocycles. The summed E-state index contributed by atoms with van der Waals surface area (Å²) in [5.74, 6) is 1.62. The molecule has 0 aliphatic carbocycles. The van der Waals surface area contributed by atoms with Gasteiger partial charge < -0.3 is 9.47 Å². The molecule has 3 aromatic carbocycles. The lowest BCUT2D eigenvalue weighted by molar-refractivity contribution is 0.281. The average molecular weight is 571 g/mol. The maximum atomic E-state index is 13.4. The summed E-state index contributed by atoms with van der Waals surface area (Å²) in [4.78, 5) is 18.1. The summed E-state index contributed by atoms with van der Waals surface area (Å²) < 4.78 is 13.9. The minimum Gasteiger partial charge on any atom is -0.493 e. The molecule has 0 saturated heterocycles. The summed E-state index contributed by atoms with van der Waals surface area (Å²) in [5, 5.41) is 14.4. The highest BCUT2D eigenvalue weighted by Crippen LogP contribution is 2.34. The van der Waals surface area contributed by atoms with E-state index in [0.29, 0.717) is 40.2 Å². The maximum absolute atomic E-state index is 13.4. The second-order valence-electron chi connectivity index (χ2n) is 8.91. The highest BCUT2D eigenvalue weighted by atomic mass is 79.9. The molecule has 4 rings (SSSR count). The topological polar surface area (TPSA) is 89.5 Å². The third-order valence-corrected chi connectivity index (χ3v) is 6.41. The summed E-state index contributed by atoms with van der Waals surface area (Å²) in [5.41, 5.74) is 3.28. The van der Waals surface area contributed by atoms with Crippen molar-refractivity contribution >= 4 is 33.0 Å².